The Morgan fingerprint density at radius 1 is 1.44 bits per heavy atom. The molecule has 2 rings (SSSR count). The molecule has 0 spiro atoms. The van der Waals surface area contributed by atoms with Crippen molar-refractivity contribution in [1.82, 2.24) is 4.90 Å². The molecule has 1 aliphatic rings. The van der Waals surface area contributed by atoms with Crippen LogP contribution in [0.2, 0.25) is 0 Å². The third kappa shape index (κ3) is 2.59. The predicted octanol–water partition coefficient (Wildman–Crippen LogP) is 2.76. The minimum Gasteiger partial charge on any atom is -0.481 e. The number of aliphatic carboxylic acids is 1. The average molecular weight is 332 g/mol. The van der Waals surface area contributed by atoms with Crippen molar-refractivity contribution in [1.29, 1.82) is 0 Å². The molecule has 98 valence electrons. The summed E-state index contributed by atoms with van der Waals surface area (Å²) in [4.78, 5) is 25.6. The van der Waals surface area contributed by atoms with Crippen molar-refractivity contribution in [2.24, 2.45) is 5.92 Å². The Morgan fingerprint density at radius 2 is 2.06 bits per heavy atom. The maximum Gasteiger partial charge on any atom is 0.306 e. The molecule has 0 bridgehead atoms. The Morgan fingerprint density at radius 3 is 2.50 bits per heavy atom. The van der Waals surface area contributed by atoms with Crippen LogP contribution in [0, 0.1) is 12.8 Å². The number of hydrogen-bond donors (Lipinski definition) is 1. The van der Waals surface area contributed by atoms with Crippen LogP contribution in [-0.4, -0.2) is 35.0 Å². The molecule has 4 nitrogen and oxygen atoms in total. The van der Waals surface area contributed by atoms with Gasteiger partial charge in [0.05, 0.1) is 5.92 Å². The molecule has 1 amide bonds. The third-order valence-electron chi connectivity index (χ3n) is 3.22. The van der Waals surface area contributed by atoms with Crippen LogP contribution in [0.25, 0.3) is 0 Å². The van der Waals surface area contributed by atoms with Gasteiger partial charge in [-0.05, 0) is 46.6 Å². The lowest BCUT2D eigenvalue weighted by Gasteiger charge is -2.29. The zero-order valence-corrected chi connectivity index (χ0v) is 12.4. The monoisotopic (exact) mass is 331 g/mol. The highest BCUT2D eigenvalue weighted by Crippen LogP contribution is 2.30. The number of piperidine rings is 1. The number of carboxylic acid groups (broad SMARTS) is 1. The lowest BCUT2D eigenvalue weighted by Crippen LogP contribution is -2.40. The third-order valence-corrected chi connectivity index (χ3v) is 5.59. The van der Waals surface area contributed by atoms with Gasteiger partial charge in [0.2, 0.25) is 0 Å². The van der Waals surface area contributed by atoms with Crippen molar-refractivity contribution in [3.8, 4) is 0 Å². The first-order valence-corrected chi connectivity index (χ1v) is 7.43. The molecule has 0 atom stereocenters. The summed E-state index contributed by atoms with van der Waals surface area (Å²) in [5.74, 6) is -1.05. The number of hydrogen-bond acceptors (Lipinski definition) is 3. The van der Waals surface area contributed by atoms with E-state index in [4.69, 9.17) is 5.11 Å². The van der Waals surface area contributed by atoms with Crippen LogP contribution in [0.1, 0.15) is 28.1 Å². The van der Waals surface area contributed by atoms with E-state index in [1.54, 1.807) is 4.90 Å². The van der Waals surface area contributed by atoms with Gasteiger partial charge in [0.1, 0.15) is 4.88 Å². The Labute approximate surface area is 118 Å². The molecular formula is C12H14BrNO3S. The molecule has 1 N–H and O–H groups in total. The highest BCUT2D eigenvalue weighted by Gasteiger charge is 2.28. The van der Waals surface area contributed by atoms with Crippen LogP contribution >= 0.6 is 27.3 Å². The Hall–Kier alpha value is -0.880. The first-order chi connectivity index (χ1) is 8.50. The predicted molar refractivity (Wildman–Crippen MR) is 73.0 cm³/mol. The highest BCUT2D eigenvalue weighted by atomic mass is 79.9. The summed E-state index contributed by atoms with van der Waals surface area (Å²) >= 11 is 4.85. The average Bonchev–Trinajstić information content (AvgIpc) is 2.69. The number of carbonyl (C=O) groups excluding carboxylic acids is 1. The van der Waals surface area contributed by atoms with Gasteiger partial charge in [-0.2, -0.15) is 0 Å². The van der Waals surface area contributed by atoms with Gasteiger partial charge >= 0.3 is 5.97 Å². The van der Waals surface area contributed by atoms with E-state index in [2.05, 4.69) is 15.9 Å². The largest absolute Gasteiger partial charge is 0.481 e. The van der Waals surface area contributed by atoms with Crippen molar-refractivity contribution in [2.45, 2.75) is 19.8 Å². The fourth-order valence-electron chi connectivity index (χ4n) is 2.05. The number of aryl methyl sites for hydroxylation is 1. The van der Waals surface area contributed by atoms with Gasteiger partial charge in [0, 0.05) is 17.6 Å². The fourth-order valence-corrected chi connectivity index (χ4v) is 3.67. The van der Waals surface area contributed by atoms with E-state index in [-0.39, 0.29) is 11.8 Å². The van der Waals surface area contributed by atoms with E-state index in [0.29, 0.717) is 30.8 Å². The number of carboxylic acids is 1. The van der Waals surface area contributed by atoms with Crippen LogP contribution in [0.3, 0.4) is 0 Å². The number of thiophene rings is 1. The lowest BCUT2D eigenvalue weighted by molar-refractivity contribution is -0.143. The molecular weight excluding hydrogens is 318 g/mol. The highest BCUT2D eigenvalue weighted by molar-refractivity contribution is 9.10. The molecule has 1 fully saturated rings. The minimum atomic E-state index is -0.754. The molecule has 0 radical (unpaired) electrons. The summed E-state index contributed by atoms with van der Waals surface area (Å²) in [6, 6.07) is 0. The van der Waals surface area contributed by atoms with Crippen LogP contribution in [0.5, 0.6) is 0 Å². The van der Waals surface area contributed by atoms with Crippen LogP contribution in [0.15, 0.2) is 9.85 Å². The van der Waals surface area contributed by atoms with E-state index in [1.165, 1.54) is 11.3 Å². The zero-order chi connectivity index (χ0) is 13.3. The molecule has 0 aromatic carbocycles. The van der Waals surface area contributed by atoms with Crippen LogP contribution in [0.4, 0.5) is 0 Å². The summed E-state index contributed by atoms with van der Waals surface area (Å²) in [6.45, 7) is 3.01. The number of amides is 1. The maximum atomic E-state index is 12.3. The topological polar surface area (TPSA) is 57.6 Å². The van der Waals surface area contributed by atoms with Crippen molar-refractivity contribution >= 4 is 39.1 Å². The number of rotatable bonds is 2. The summed E-state index contributed by atoms with van der Waals surface area (Å²) in [5.41, 5.74) is 1.06. The number of likely N-dealkylation sites (tertiary alicyclic amines) is 1. The fraction of sp³-hybridized carbons (Fsp3) is 0.500. The Balaban J connectivity index is 2.04. The first-order valence-electron chi connectivity index (χ1n) is 5.76. The van der Waals surface area contributed by atoms with Crippen molar-refractivity contribution in [3.63, 3.8) is 0 Å². The SMILES string of the molecule is Cc1csc(C(=O)N2CCC(C(=O)O)CC2)c1Br. The van der Waals surface area contributed by atoms with E-state index >= 15 is 0 Å². The first kappa shape index (κ1) is 13.5. The van der Waals surface area contributed by atoms with Gasteiger partial charge in [0.25, 0.3) is 5.91 Å². The minimum absolute atomic E-state index is 0.00353. The second kappa shape index (κ2) is 5.40. The van der Waals surface area contributed by atoms with E-state index in [0.717, 1.165) is 10.0 Å². The summed E-state index contributed by atoms with van der Waals surface area (Å²) in [7, 11) is 0. The van der Waals surface area contributed by atoms with Crippen molar-refractivity contribution < 1.29 is 14.7 Å². The van der Waals surface area contributed by atoms with Gasteiger partial charge in [-0.3, -0.25) is 9.59 Å². The summed E-state index contributed by atoms with van der Waals surface area (Å²) < 4.78 is 0.859. The van der Waals surface area contributed by atoms with Crippen LogP contribution in [-0.2, 0) is 4.79 Å². The quantitative estimate of drug-likeness (QED) is 0.906. The Bertz CT molecular complexity index is 478. The molecule has 6 heteroatoms. The standard InChI is InChI=1S/C12H14BrNO3S/c1-7-6-18-10(9(7)13)11(15)14-4-2-8(3-5-14)12(16)17/h6,8H,2-5H2,1H3,(H,16,17). The van der Waals surface area contributed by atoms with Crippen molar-refractivity contribution in [2.75, 3.05) is 13.1 Å². The second-order valence-electron chi connectivity index (χ2n) is 4.47. The zero-order valence-electron chi connectivity index (χ0n) is 9.98. The Kier molecular flexibility index (Phi) is 4.07. The molecule has 0 aliphatic carbocycles. The van der Waals surface area contributed by atoms with Gasteiger partial charge in [0.15, 0.2) is 0 Å². The molecule has 1 aromatic rings. The van der Waals surface area contributed by atoms with Gasteiger partial charge in [-0.1, -0.05) is 0 Å². The molecule has 1 saturated heterocycles. The number of halogens is 1. The second-order valence-corrected chi connectivity index (χ2v) is 6.14. The normalized spacial score (nSPS) is 16.9. The molecule has 1 aromatic heterocycles. The molecule has 0 saturated carbocycles. The summed E-state index contributed by atoms with van der Waals surface area (Å²) in [6.07, 6.45) is 1.09. The van der Waals surface area contributed by atoms with Gasteiger partial charge in [-0.25, -0.2) is 0 Å². The molecule has 2 heterocycles. The maximum absolute atomic E-state index is 12.3. The van der Waals surface area contributed by atoms with Gasteiger partial charge in [-0.15, -0.1) is 11.3 Å². The number of nitrogens with zero attached hydrogens (tertiary/aromatic N) is 1. The van der Waals surface area contributed by atoms with E-state index in [1.807, 2.05) is 12.3 Å². The lowest BCUT2D eigenvalue weighted by atomic mass is 9.97. The smallest absolute Gasteiger partial charge is 0.306 e. The molecule has 0 unspecified atom stereocenters. The molecule has 18 heavy (non-hydrogen) atoms. The van der Waals surface area contributed by atoms with E-state index in [9.17, 15) is 9.59 Å². The van der Waals surface area contributed by atoms with Crippen LogP contribution < -0.4 is 0 Å². The summed E-state index contributed by atoms with van der Waals surface area (Å²) in [5, 5.41) is 10.9. The van der Waals surface area contributed by atoms with Crippen molar-refractivity contribution in [3.05, 3.63) is 20.3 Å². The van der Waals surface area contributed by atoms with E-state index < -0.39 is 5.97 Å². The molecule has 1 aliphatic heterocycles. The number of carbonyl (C=O) groups is 2. The van der Waals surface area contributed by atoms with Gasteiger partial charge < -0.3 is 10.0 Å².